The van der Waals surface area contributed by atoms with Crippen molar-refractivity contribution >= 4 is 5.91 Å². The maximum absolute atomic E-state index is 11.6. The summed E-state index contributed by atoms with van der Waals surface area (Å²) in [4.78, 5) is 13.3. The first kappa shape index (κ1) is 11.5. The van der Waals surface area contributed by atoms with Crippen LogP contribution in [0, 0.1) is 5.92 Å². The molecule has 1 aliphatic carbocycles. The summed E-state index contributed by atoms with van der Waals surface area (Å²) in [6.45, 7) is 2.63. The van der Waals surface area contributed by atoms with E-state index >= 15 is 0 Å². The number of aliphatic hydroxyl groups is 1. The maximum atomic E-state index is 11.6. The smallest absolute Gasteiger partial charge is 0.239 e. The Morgan fingerprint density at radius 3 is 2.64 bits per heavy atom. The standard InChI is InChI=1S/C10H20N2O2/c1-3-9(11)10(14)12(2)6-7-4-8(13)5-7/h7-9,13H,3-6,11H2,1-2H3/t7?,8?,9-/m0/s1. The van der Waals surface area contributed by atoms with E-state index in [9.17, 15) is 4.79 Å². The van der Waals surface area contributed by atoms with Crippen molar-refractivity contribution in [2.24, 2.45) is 11.7 Å². The van der Waals surface area contributed by atoms with Crippen LogP contribution in [0.2, 0.25) is 0 Å². The lowest BCUT2D eigenvalue weighted by Gasteiger charge is -2.35. The Balaban J connectivity index is 2.27. The van der Waals surface area contributed by atoms with Crippen LogP contribution in [0.15, 0.2) is 0 Å². The first-order chi connectivity index (χ1) is 6.54. The third kappa shape index (κ3) is 2.69. The van der Waals surface area contributed by atoms with E-state index in [1.165, 1.54) is 0 Å². The Morgan fingerprint density at radius 2 is 2.21 bits per heavy atom. The average Bonchev–Trinajstić information content (AvgIpc) is 2.12. The number of likely N-dealkylation sites (N-methyl/N-ethyl adjacent to an activating group) is 1. The fourth-order valence-corrected chi connectivity index (χ4v) is 1.78. The Hall–Kier alpha value is -0.610. The molecule has 14 heavy (non-hydrogen) atoms. The average molecular weight is 200 g/mol. The molecule has 0 aromatic carbocycles. The van der Waals surface area contributed by atoms with Gasteiger partial charge in [0.2, 0.25) is 5.91 Å². The largest absolute Gasteiger partial charge is 0.393 e. The second kappa shape index (κ2) is 4.75. The summed E-state index contributed by atoms with van der Waals surface area (Å²) in [5, 5.41) is 9.10. The molecule has 0 aromatic rings. The molecule has 0 bridgehead atoms. The van der Waals surface area contributed by atoms with Crippen molar-refractivity contribution in [3.05, 3.63) is 0 Å². The molecule has 0 aromatic heterocycles. The molecule has 0 heterocycles. The fraction of sp³-hybridized carbons (Fsp3) is 0.900. The molecule has 1 aliphatic rings. The zero-order valence-corrected chi connectivity index (χ0v) is 8.94. The molecule has 1 amide bonds. The van der Waals surface area contributed by atoms with E-state index in [1.807, 2.05) is 6.92 Å². The summed E-state index contributed by atoms with van der Waals surface area (Å²) in [5.74, 6) is 0.469. The van der Waals surface area contributed by atoms with Crippen LogP contribution in [0.4, 0.5) is 0 Å². The van der Waals surface area contributed by atoms with Gasteiger partial charge in [-0.15, -0.1) is 0 Å². The minimum Gasteiger partial charge on any atom is -0.393 e. The van der Waals surface area contributed by atoms with Crippen molar-refractivity contribution in [2.45, 2.75) is 38.3 Å². The highest BCUT2D eigenvalue weighted by atomic mass is 16.3. The SMILES string of the molecule is CC[C@H](N)C(=O)N(C)CC1CC(O)C1. The van der Waals surface area contributed by atoms with E-state index in [2.05, 4.69) is 0 Å². The van der Waals surface area contributed by atoms with E-state index in [4.69, 9.17) is 10.8 Å². The molecule has 4 heteroatoms. The van der Waals surface area contributed by atoms with Crippen molar-refractivity contribution in [2.75, 3.05) is 13.6 Å². The van der Waals surface area contributed by atoms with Crippen LogP contribution in [-0.2, 0) is 4.79 Å². The second-order valence-corrected chi connectivity index (χ2v) is 4.22. The number of nitrogens with two attached hydrogens (primary N) is 1. The lowest BCUT2D eigenvalue weighted by Crippen LogP contribution is -2.45. The van der Waals surface area contributed by atoms with Crippen molar-refractivity contribution in [1.29, 1.82) is 0 Å². The van der Waals surface area contributed by atoms with Crippen LogP contribution in [-0.4, -0.2) is 41.7 Å². The number of carbonyl (C=O) groups excluding carboxylic acids is 1. The molecule has 0 aliphatic heterocycles. The van der Waals surface area contributed by atoms with Crippen LogP contribution in [0.3, 0.4) is 0 Å². The van der Waals surface area contributed by atoms with Gasteiger partial charge in [-0.1, -0.05) is 6.92 Å². The maximum Gasteiger partial charge on any atom is 0.239 e. The number of rotatable bonds is 4. The van der Waals surface area contributed by atoms with E-state index < -0.39 is 0 Å². The van der Waals surface area contributed by atoms with Gasteiger partial charge in [-0.25, -0.2) is 0 Å². The molecule has 1 saturated carbocycles. The van der Waals surface area contributed by atoms with Gasteiger partial charge in [0.1, 0.15) is 0 Å². The van der Waals surface area contributed by atoms with E-state index in [0.717, 1.165) is 19.4 Å². The van der Waals surface area contributed by atoms with E-state index in [1.54, 1.807) is 11.9 Å². The summed E-state index contributed by atoms with van der Waals surface area (Å²) in [5.41, 5.74) is 5.64. The van der Waals surface area contributed by atoms with Gasteiger partial charge in [-0.3, -0.25) is 4.79 Å². The van der Waals surface area contributed by atoms with Gasteiger partial charge < -0.3 is 15.7 Å². The molecule has 0 unspecified atom stereocenters. The molecule has 0 spiro atoms. The van der Waals surface area contributed by atoms with E-state index in [-0.39, 0.29) is 18.1 Å². The van der Waals surface area contributed by atoms with Crippen LogP contribution in [0.5, 0.6) is 0 Å². The topological polar surface area (TPSA) is 66.6 Å². The van der Waals surface area contributed by atoms with Crippen LogP contribution in [0.25, 0.3) is 0 Å². The highest BCUT2D eigenvalue weighted by Gasteiger charge is 2.29. The second-order valence-electron chi connectivity index (χ2n) is 4.22. The first-order valence-corrected chi connectivity index (χ1v) is 5.23. The summed E-state index contributed by atoms with van der Waals surface area (Å²) < 4.78 is 0. The first-order valence-electron chi connectivity index (χ1n) is 5.23. The van der Waals surface area contributed by atoms with Crippen molar-refractivity contribution in [3.63, 3.8) is 0 Å². The number of hydrogen-bond acceptors (Lipinski definition) is 3. The van der Waals surface area contributed by atoms with Gasteiger partial charge in [0.15, 0.2) is 0 Å². The molecule has 0 radical (unpaired) electrons. The number of amides is 1. The summed E-state index contributed by atoms with van der Waals surface area (Å²) in [6.07, 6.45) is 2.16. The summed E-state index contributed by atoms with van der Waals surface area (Å²) in [6, 6.07) is -0.370. The van der Waals surface area contributed by atoms with Crippen molar-refractivity contribution in [3.8, 4) is 0 Å². The Morgan fingerprint density at radius 1 is 1.64 bits per heavy atom. The van der Waals surface area contributed by atoms with Crippen LogP contribution >= 0.6 is 0 Å². The predicted molar refractivity (Wildman–Crippen MR) is 54.6 cm³/mol. The van der Waals surface area contributed by atoms with Crippen molar-refractivity contribution in [1.82, 2.24) is 4.90 Å². The summed E-state index contributed by atoms with van der Waals surface area (Å²) >= 11 is 0. The summed E-state index contributed by atoms with van der Waals surface area (Å²) in [7, 11) is 1.78. The zero-order chi connectivity index (χ0) is 10.7. The van der Waals surface area contributed by atoms with Gasteiger partial charge in [0.05, 0.1) is 12.1 Å². The van der Waals surface area contributed by atoms with Gasteiger partial charge in [0.25, 0.3) is 0 Å². The number of nitrogens with zero attached hydrogens (tertiary/aromatic N) is 1. The Bertz CT molecular complexity index is 202. The highest BCUT2D eigenvalue weighted by Crippen LogP contribution is 2.27. The molecule has 3 N–H and O–H groups in total. The molecule has 1 fully saturated rings. The van der Waals surface area contributed by atoms with Gasteiger partial charge in [-0.05, 0) is 25.2 Å². The lowest BCUT2D eigenvalue weighted by atomic mass is 9.82. The molecule has 82 valence electrons. The minimum absolute atomic E-state index is 0.00823. The molecular formula is C10H20N2O2. The molecule has 1 atom stereocenters. The monoisotopic (exact) mass is 200 g/mol. The highest BCUT2D eigenvalue weighted by molar-refractivity contribution is 5.81. The van der Waals surface area contributed by atoms with Crippen LogP contribution in [0.1, 0.15) is 26.2 Å². The Labute approximate surface area is 85.1 Å². The van der Waals surface area contributed by atoms with Gasteiger partial charge in [0, 0.05) is 13.6 Å². The third-order valence-electron chi connectivity index (χ3n) is 2.88. The minimum atomic E-state index is -0.370. The number of hydrogen-bond donors (Lipinski definition) is 2. The van der Waals surface area contributed by atoms with Gasteiger partial charge >= 0.3 is 0 Å². The molecular weight excluding hydrogens is 180 g/mol. The molecule has 0 saturated heterocycles. The zero-order valence-electron chi connectivity index (χ0n) is 8.94. The number of carbonyl (C=O) groups is 1. The quantitative estimate of drug-likeness (QED) is 0.669. The normalized spacial score (nSPS) is 28.0. The molecule has 4 nitrogen and oxygen atoms in total. The van der Waals surface area contributed by atoms with Crippen LogP contribution < -0.4 is 5.73 Å². The lowest BCUT2D eigenvalue weighted by molar-refractivity contribution is -0.132. The number of aliphatic hydroxyl groups excluding tert-OH is 1. The van der Waals surface area contributed by atoms with Crippen molar-refractivity contribution < 1.29 is 9.90 Å². The molecule has 1 rings (SSSR count). The third-order valence-corrected chi connectivity index (χ3v) is 2.88. The fourth-order valence-electron chi connectivity index (χ4n) is 1.78. The van der Waals surface area contributed by atoms with E-state index in [0.29, 0.717) is 12.3 Å². The Kier molecular flexibility index (Phi) is 3.89. The van der Waals surface area contributed by atoms with Gasteiger partial charge in [-0.2, -0.15) is 0 Å². The predicted octanol–water partition coefficient (Wildman–Crippen LogP) is -0.0470.